The molecule has 4 rings (SSSR count). The summed E-state index contributed by atoms with van der Waals surface area (Å²) in [6.07, 6.45) is 6.54. The van der Waals surface area contributed by atoms with Gasteiger partial charge in [-0.25, -0.2) is 14.6 Å². The number of nitrogens with zero attached hydrogens (tertiary/aromatic N) is 4. The van der Waals surface area contributed by atoms with Crippen LogP contribution in [0.25, 0.3) is 5.82 Å². The highest BCUT2D eigenvalue weighted by molar-refractivity contribution is 9.10. The zero-order chi connectivity index (χ0) is 21.1. The Morgan fingerprint density at radius 1 is 1.20 bits per heavy atom. The van der Waals surface area contributed by atoms with Crippen molar-refractivity contribution in [1.29, 1.82) is 0 Å². The number of nitrogens with one attached hydrogen (secondary N) is 1. The van der Waals surface area contributed by atoms with Gasteiger partial charge < -0.3 is 0 Å². The summed E-state index contributed by atoms with van der Waals surface area (Å²) >= 11 is 5.01. The van der Waals surface area contributed by atoms with Gasteiger partial charge in [0.05, 0.1) is 17.5 Å². The van der Waals surface area contributed by atoms with Crippen LogP contribution >= 0.6 is 27.3 Å². The van der Waals surface area contributed by atoms with Crippen molar-refractivity contribution in [2.75, 3.05) is 5.32 Å². The molecule has 3 heterocycles. The Kier molecular flexibility index (Phi) is 6.06. The molecule has 0 spiro atoms. The maximum Gasteiger partial charge on any atom is 0.260 e. The van der Waals surface area contributed by atoms with Crippen LogP contribution in [0.15, 0.2) is 59.5 Å². The lowest BCUT2D eigenvalue weighted by atomic mass is 10.1. The van der Waals surface area contributed by atoms with Crippen LogP contribution < -0.4 is 5.32 Å². The number of carbonyl (C=O) groups excluding carboxylic acids is 1. The number of hydrogen-bond acceptors (Lipinski definition) is 5. The van der Waals surface area contributed by atoms with E-state index in [1.165, 1.54) is 22.5 Å². The fraction of sp³-hybridized carbons (Fsp3) is 0.182. The molecule has 0 saturated heterocycles. The lowest BCUT2D eigenvalue weighted by molar-refractivity contribution is 0.102. The summed E-state index contributed by atoms with van der Waals surface area (Å²) in [7, 11) is 0. The number of anilines is 1. The summed E-state index contributed by atoms with van der Waals surface area (Å²) < 4.78 is 2.81. The number of aryl methyl sites for hydroxylation is 1. The van der Waals surface area contributed by atoms with E-state index < -0.39 is 0 Å². The van der Waals surface area contributed by atoms with Crippen molar-refractivity contribution in [2.24, 2.45) is 0 Å². The molecule has 0 aliphatic heterocycles. The van der Waals surface area contributed by atoms with Gasteiger partial charge in [0.2, 0.25) is 0 Å². The minimum absolute atomic E-state index is 0.214. The van der Waals surface area contributed by atoms with Gasteiger partial charge in [-0.2, -0.15) is 5.10 Å². The average Bonchev–Trinajstić information content (AvgIpc) is 3.38. The Bertz CT molecular complexity index is 1190. The molecule has 4 aromatic rings. The van der Waals surface area contributed by atoms with Gasteiger partial charge in [-0.15, -0.1) is 11.3 Å². The van der Waals surface area contributed by atoms with Crippen molar-refractivity contribution in [3.8, 4) is 5.82 Å². The van der Waals surface area contributed by atoms with Crippen LogP contribution in [0.3, 0.4) is 0 Å². The third-order valence-electron chi connectivity index (χ3n) is 4.69. The summed E-state index contributed by atoms with van der Waals surface area (Å²) in [4.78, 5) is 22.7. The molecule has 0 aliphatic carbocycles. The topological polar surface area (TPSA) is 72.7 Å². The number of amides is 1. The highest BCUT2D eigenvalue weighted by Gasteiger charge is 2.19. The van der Waals surface area contributed by atoms with E-state index in [-0.39, 0.29) is 5.91 Å². The molecule has 0 radical (unpaired) electrons. The van der Waals surface area contributed by atoms with E-state index in [1.807, 2.05) is 31.3 Å². The second-order valence-corrected chi connectivity index (χ2v) is 8.77. The molecule has 1 amide bonds. The highest BCUT2D eigenvalue weighted by Crippen LogP contribution is 2.25. The Morgan fingerprint density at radius 3 is 2.80 bits per heavy atom. The molecule has 152 valence electrons. The molecule has 1 N–H and O–H groups in total. The van der Waals surface area contributed by atoms with Gasteiger partial charge in [-0.05, 0) is 42.7 Å². The third kappa shape index (κ3) is 4.34. The fourth-order valence-electron chi connectivity index (χ4n) is 3.21. The molecular formula is C22H20BrN5OS. The molecular weight excluding hydrogens is 462 g/mol. The van der Waals surface area contributed by atoms with Crippen LogP contribution in [0.2, 0.25) is 0 Å². The van der Waals surface area contributed by atoms with Gasteiger partial charge in [0.25, 0.3) is 5.91 Å². The Morgan fingerprint density at radius 2 is 2.07 bits per heavy atom. The number of pyridine rings is 1. The van der Waals surface area contributed by atoms with Gasteiger partial charge in [0, 0.05) is 28.2 Å². The second kappa shape index (κ2) is 8.89. The van der Waals surface area contributed by atoms with Crippen molar-refractivity contribution in [2.45, 2.75) is 26.7 Å². The molecule has 30 heavy (non-hydrogen) atoms. The van der Waals surface area contributed by atoms with E-state index >= 15 is 0 Å². The smallest absolute Gasteiger partial charge is 0.260 e. The number of benzene rings is 1. The minimum atomic E-state index is -0.214. The highest BCUT2D eigenvalue weighted by atomic mass is 79.9. The van der Waals surface area contributed by atoms with Crippen LogP contribution in [0.5, 0.6) is 0 Å². The van der Waals surface area contributed by atoms with Gasteiger partial charge in [0.1, 0.15) is 0 Å². The normalized spacial score (nSPS) is 10.9. The summed E-state index contributed by atoms with van der Waals surface area (Å²) in [5, 5.41) is 7.86. The molecule has 0 saturated carbocycles. The van der Waals surface area contributed by atoms with Crippen LogP contribution in [-0.4, -0.2) is 25.7 Å². The first kappa shape index (κ1) is 20.4. The van der Waals surface area contributed by atoms with E-state index in [1.54, 1.807) is 17.1 Å². The first-order chi connectivity index (χ1) is 14.5. The number of hydrogen-bond donors (Lipinski definition) is 1. The van der Waals surface area contributed by atoms with Crippen molar-refractivity contribution in [1.82, 2.24) is 19.7 Å². The summed E-state index contributed by atoms with van der Waals surface area (Å²) in [6.45, 7) is 4.07. The van der Waals surface area contributed by atoms with Crippen LogP contribution in [0.1, 0.15) is 39.0 Å². The van der Waals surface area contributed by atoms with Crippen molar-refractivity contribution < 1.29 is 4.79 Å². The lowest BCUT2D eigenvalue weighted by Gasteiger charge is -2.06. The summed E-state index contributed by atoms with van der Waals surface area (Å²) in [5.74, 6) is 0.476. The van der Waals surface area contributed by atoms with Crippen LogP contribution in [0, 0.1) is 6.92 Å². The molecule has 8 heteroatoms. The number of thiazole rings is 1. The summed E-state index contributed by atoms with van der Waals surface area (Å²) in [5.41, 5.74) is 3.75. The van der Waals surface area contributed by atoms with Gasteiger partial charge in [0.15, 0.2) is 10.9 Å². The first-order valence-electron chi connectivity index (χ1n) is 9.54. The monoisotopic (exact) mass is 481 g/mol. The fourth-order valence-corrected chi connectivity index (χ4v) is 4.30. The quantitative estimate of drug-likeness (QED) is 0.410. The van der Waals surface area contributed by atoms with E-state index in [0.717, 1.165) is 21.5 Å². The predicted octanol–water partition coefficient (Wildman–Crippen LogP) is 5.20. The number of carbonyl (C=O) groups is 1. The lowest BCUT2D eigenvalue weighted by Crippen LogP contribution is -2.14. The Hall–Kier alpha value is -2.84. The largest absolute Gasteiger partial charge is 0.298 e. The zero-order valence-corrected chi connectivity index (χ0v) is 19.0. The molecule has 0 unspecified atom stereocenters. The maximum atomic E-state index is 12.9. The van der Waals surface area contributed by atoms with Crippen LogP contribution in [0.4, 0.5) is 5.13 Å². The molecule has 0 aliphatic rings. The van der Waals surface area contributed by atoms with Crippen LogP contribution in [-0.2, 0) is 12.8 Å². The van der Waals surface area contributed by atoms with E-state index in [4.69, 9.17) is 0 Å². The molecule has 3 aromatic heterocycles. The van der Waals surface area contributed by atoms with E-state index in [2.05, 4.69) is 61.4 Å². The van der Waals surface area contributed by atoms with Gasteiger partial charge in [-0.1, -0.05) is 41.1 Å². The maximum absolute atomic E-state index is 12.9. The standard InChI is InChI=1S/C22H20BrN5OS/c1-3-19-17(13-26-28(19)20-6-4-5-9-24-20)21(29)27-22-25-12-16(30-22)11-15-7-8-18(23)14(2)10-15/h4-10,12-13H,3,11H2,1-2H3,(H,25,27,29). The average molecular weight is 482 g/mol. The van der Waals surface area contributed by atoms with Crippen molar-refractivity contribution in [3.63, 3.8) is 0 Å². The molecule has 0 atom stereocenters. The Labute approximate surface area is 187 Å². The second-order valence-electron chi connectivity index (χ2n) is 6.80. The summed E-state index contributed by atoms with van der Waals surface area (Å²) in [6, 6.07) is 11.9. The van der Waals surface area contributed by atoms with Crippen molar-refractivity contribution >= 4 is 38.3 Å². The molecule has 6 nitrogen and oxygen atoms in total. The van der Waals surface area contributed by atoms with Crippen molar-refractivity contribution in [3.05, 3.63) is 86.7 Å². The Balaban J connectivity index is 1.50. The number of aromatic nitrogens is 4. The minimum Gasteiger partial charge on any atom is -0.298 e. The van der Waals surface area contributed by atoms with Gasteiger partial charge in [-0.3, -0.25) is 10.1 Å². The third-order valence-corrected chi connectivity index (χ3v) is 6.49. The SMILES string of the molecule is CCc1c(C(=O)Nc2ncc(Cc3ccc(Br)c(C)c3)s2)cnn1-c1ccccn1. The predicted molar refractivity (Wildman–Crippen MR) is 122 cm³/mol. The number of halogens is 1. The first-order valence-corrected chi connectivity index (χ1v) is 11.2. The molecule has 0 bridgehead atoms. The molecule has 0 fully saturated rings. The zero-order valence-electron chi connectivity index (χ0n) is 16.6. The van der Waals surface area contributed by atoms with E-state index in [0.29, 0.717) is 22.9 Å². The molecule has 1 aromatic carbocycles. The van der Waals surface area contributed by atoms with E-state index in [9.17, 15) is 4.79 Å². The number of rotatable bonds is 6. The van der Waals surface area contributed by atoms with Gasteiger partial charge >= 0.3 is 0 Å².